The van der Waals surface area contributed by atoms with Crippen molar-refractivity contribution >= 4 is 0 Å². The fourth-order valence-corrected chi connectivity index (χ4v) is 3.31. The second kappa shape index (κ2) is 10.3. The minimum atomic E-state index is 0.542. The van der Waals surface area contributed by atoms with Crippen molar-refractivity contribution in [2.24, 2.45) is 0 Å². The maximum absolute atomic E-state index is 5.97. The fourth-order valence-electron chi connectivity index (χ4n) is 3.31. The van der Waals surface area contributed by atoms with Crippen LogP contribution in [-0.2, 0) is 13.2 Å². The minimum Gasteiger partial charge on any atom is -0.493 e. The maximum atomic E-state index is 5.97. The summed E-state index contributed by atoms with van der Waals surface area (Å²) >= 11 is 0. The molecule has 0 aromatic heterocycles. The van der Waals surface area contributed by atoms with E-state index in [0.29, 0.717) is 6.61 Å². The first kappa shape index (κ1) is 19.7. The van der Waals surface area contributed by atoms with Crippen molar-refractivity contribution in [3.05, 3.63) is 59.2 Å². The molecule has 1 saturated heterocycles. The number of rotatable bonds is 9. The van der Waals surface area contributed by atoms with Crippen LogP contribution >= 0.6 is 0 Å². The zero-order chi connectivity index (χ0) is 18.9. The number of nitrogens with zero attached hydrogens (tertiary/aromatic N) is 1. The van der Waals surface area contributed by atoms with Gasteiger partial charge in [0.1, 0.15) is 6.61 Å². The van der Waals surface area contributed by atoms with E-state index in [1.165, 1.54) is 11.1 Å². The Hall–Kier alpha value is -2.08. The van der Waals surface area contributed by atoms with Crippen molar-refractivity contribution in [3.8, 4) is 11.5 Å². The van der Waals surface area contributed by atoms with Gasteiger partial charge in [0.15, 0.2) is 11.5 Å². The molecule has 0 bridgehead atoms. The fraction of sp³-hybridized carbons (Fsp3) is 0.455. The highest BCUT2D eigenvalue weighted by molar-refractivity contribution is 5.43. The summed E-state index contributed by atoms with van der Waals surface area (Å²) in [5.74, 6) is 1.56. The zero-order valence-electron chi connectivity index (χ0n) is 16.5. The second-order valence-corrected chi connectivity index (χ2v) is 7.03. The van der Waals surface area contributed by atoms with E-state index in [0.717, 1.165) is 62.9 Å². The van der Waals surface area contributed by atoms with Crippen LogP contribution in [0, 0.1) is 6.92 Å². The Morgan fingerprint density at radius 3 is 2.67 bits per heavy atom. The maximum Gasteiger partial charge on any atom is 0.161 e. The largest absolute Gasteiger partial charge is 0.493 e. The van der Waals surface area contributed by atoms with Gasteiger partial charge in [-0.3, -0.25) is 4.90 Å². The highest BCUT2D eigenvalue weighted by Gasteiger charge is 2.09. The molecule has 1 aliphatic heterocycles. The lowest BCUT2D eigenvalue weighted by atomic mass is 10.1. The third-order valence-corrected chi connectivity index (χ3v) is 4.85. The van der Waals surface area contributed by atoms with Gasteiger partial charge >= 0.3 is 0 Å². The van der Waals surface area contributed by atoms with Gasteiger partial charge in [-0.2, -0.15) is 0 Å². The van der Waals surface area contributed by atoms with Crippen LogP contribution in [0.2, 0.25) is 0 Å². The number of ether oxygens (including phenoxy) is 2. The van der Waals surface area contributed by atoms with Crippen molar-refractivity contribution in [1.82, 2.24) is 15.5 Å². The predicted molar refractivity (Wildman–Crippen MR) is 110 cm³/mol. The molecule has 3 rings (SSSR count). The zero-order valence-corrected chi connectivity index (χ0v) is 16.5. The van der Waals surface area contributed by atoms with Crippen molar-refractivity contribution in [1.29, 1.82) is 0 Å². The summed E-state index contributed by atoms with van der Waals surface area (Å²) in [5, 5.41) is 6.91. The highest BCUT2D eigenvalue weighted by atomic mass is 16.5. The molecule has 146 valence electrons. The molecule has 5 heteroatoms. The molecule has 2 N–H and O–H groups in total. The average molecular weight is 370 g/mol. The van der Waals surface area contributed by atoms with E-state index >= 15 is 0 Å². The smallest absolute Gasteiger partial charge is 0.161 e. The Morgan fingerprint density at radius 2 is 1.89 bits per heavy atom. The number of hydrogen-bond donors (Lipinski definition) is 2. The van der Waals surface area contributed by atoms with E-state index in [9.17, 15) is 0 Å². The molecule has 0 unspecified atom stereocenters. The molecule has 1 aliphatic rings. The standard InChI is InChI=1S/C22H31N3O2/c1-18-4-3-5-20(14-18)17-27-21-7-6-19(15-22(21)26-2)16-24-10-13-25-11-8-23-9-12-25/h3-7,14-15,23-24H,8-13,16-17H2,1-2H3. The van der Waals surface area contributed by atoms with E-state index in [4.69, 9.17) is 9.47 Å². The Balaban J connectivity index is 1.47. The van der Waals surface area contributed by atoms with Crippen molar-refractivity contribution in [2.75, 3.05) is 46.4 Å². The number of methoxy groups -OCH3 is 1. The normalized spacial score (nSPS) is 14.9. The lowest BCUT2D eigenvalue weighted by Gasteiger charge is -2.27. The Labute approximate surface area is 162 Å². The molecule has 5 nitrogen and oxygen atoms in total. The molecular weight excluding hydrogens is 338 g/mol. The first-order valence-corrected chi connectivity index (χ1v) is 9.73. The molecule has 0 aliphatic carbocycles. The Bertz CT molecular complexity index is 714. The van der Waals surface area contributed by atoms with E-state index in [2.05, 4.69) is 58.9 Å². The summed E-state index contributed by atoms with van der Waals surface area (Å²) < 4.78 is 11.5. The number of aryl methyl sites for hydroxylation is 1. The summed E-state index contributed by atoms with van der Waals surface area (Å²) in [7, 11) is 1.69. The number of piperazine rings is 1. The molecule has 2 aromatic carbocycles. The van der Waals surface area contributed by atoms with Gasteiger partial charge in [0.2, 0.25) is 0 Å². The molecular formula is C22H31N3O2. The summed E-state index contributed by atoms with van der Waals surface area (Å²) in [6.45, 7) is 10.0. The molecule has 0 atom stereocenters. The lowest BCUT2D eigenvalue weighted by Crippen LogP contribution is -2.45. The van der Waals surface area contributed by atoms with Crippen LogP contribution in [0.25, 0.3) is 0 Å². The Morgan fingerprint density at radius 1 is 1.04 bits per heavy atom. The van der Waals surface area contributed by atoms with E-state index in [1.807, 2.05) is 6.07 Å². The quantitative estimate of drug-likeness (QED) is 0.665. The van der Waals surface area contributed by atoms with Gasteiger partial charge in [0.05, 0.1) is 7.11 Å². The van der Waals surface area contributed by atoms with Gasteiger partial charge in [-0.05, 0) is 30.2 Å². The molecule has 1 heterocycles. The minimum absolute atomic E-state index is 0.542. The Kier molecular flexibility index (Phi) is 7.51. The highest BCUT2D eigenvalue weighted by Crippen LogP contribution is 2.28. The van der Waals surface area contributed by atoms with Crippen LogP contribution in [0.1, 0.15) is 16.7 Å². The summed E-state index contributed by atoms with van der Waals surface area (Å²) in [6, 6.07) is 14.5. The molecule has 27 heavy (non-hydrogen) atoms. The third-order valence-electron chi connectivity index (χ3n) is 4.85. The van der Waals surface area contributed by atoms with Crippen molar-refractivity contribution in [2.45, 2.75) is 20.1 Å². The molecule has 0 spiro atoms. The first-order chi connectivity index (χ1) is 13.2. The van der Waals surface area contributed by atoms with Crippen molar-refractivity contribution < 1.29 is 9.47 Å². The SMILES string of the molecule is COc1cc(CNCCN2CCNCC2)ccc1OCc1cccc(C)c1. The van der Waals surface area contributed by atoms with E-state index in [-0.39, 0.29) is 0 Å². The molecule has 0 saturated carbocycles. The third kappa shape index (κ3) is 6.24. The molecule has 2 aromatic rings. The second-order valence-electron chi connectivity index (χ2n) is 7.03. The van der Waals surface area contributed by atoms with Gasteiger partial charge in [0, 0.05) is 45.8 Å². The summed E-state index contributed by atoms with van der Waals surface area (Å²) in [4.78, 5) is 2.49. The number of nitrogens with one attached hydrogen (secondary N) is 2. The van der Waals surface area contributed by atoms with Crippen LogP contribution in [0.3, 0.4) is 0 Å². The van der Waals surface area contributed by atoms with Gasteiger partial charge in [-0.1, -0.05) is 35.9 Å². The molecule has 0 amide bonds. The molecule has 0 radical (unpaired) electrons. The van der Waals surface area contributed by atoms with E-state index in [1.54, 1.807) is 7.11 Å². The predicted octanol–water partition coefficient (Wildman–Crippen LogP) is 2.58. The monoisotopic (exact) mass is 369 g/mol. The van der Waals surface area contributed by atoms with E-state index < -0.39 is 0 Å². The van der Waals surface area contributed by atoms with Gasteiger partial charge in [0.25, 0.3) is 0 Å². The van der Waals surface area contributed by atoms with Gasteiger partial charge in [-0.25, -0.2) is 0 Å². The summed E-state index contributed by atoms with van der Waals surface area (Å²) in [6.07, 6.45) is 0. The van der Waals surface area contributed by atoms with Crippen LogP contribution in [-0.4, -0.2) is 51.3 Å². The van der Waals surface area contributed by atoms with Gasteiger partial charge in [-0.15, -0.1) is 0 Å². The topological polar surface area (TPSA) is 45.8 Å². The number of benzene rings is 2. The lowest BCUT2D eigenvalue weighted by molar-refractivity contribution is 0.241. The van der Waals surface area contributed by atoms with Crippen LogP contribution in [0.4, 0.5) is 0 Å². The molecule has 1 fully saturated rings. The number of hydrogen-bond acceptors (Lipinski definition) is 5. The van der Waals surface area contributed by atoms with Gasteiger partial charge < -0.3 is 20.1 Å². The van der Waals surface area contributed by atoms with Crippen LogP contribution < -0.4 is 20.1 Å². The van der Waals surface area contributed by atoms with Crippen molar-refractivity contribution in [3.63, 3.8) is 0 Å². The summed E-state index contributed by atoms with van der Waals surface area (Å²) in [5.41, 5.74) is 3.61. The average Bonchev–Trinajstić information content (AvgIpc) is 2.71. The van der Waals surface area contributed by atoms with Crippen LogP contribution in [0.15, 0.2) is 42.5 Å². The first-order valence-electron chi connectivity index (χ1n) is 9.73. The van der Waals surface area contributed by atoms with Crippen LogP contribution in [0.5, 0.6) is 11.5 Å².